The van der Waals surface area contributed by atoms with E-state index in [4.69, 9.17) is 9.47 Å². The highest BCUT2D eigenvalue weighted by Gasteiger charge is 2.18. The normalized spacial score (nSPS) is 11.7. The van der Waals surface area contributed by atoms with Crippen LogP contribution in [0.3, 0.4) is 0 Å². The molecule has 1 amide bonds. The Bertz CT molecular complexity index is 692. The van der Waals surface area contributed by atoms with Gasteiger partial charge in [0.15, 0.2) is 6.10 Å². The fourth-order valence-electron chi connectivity index (χ4n) is 2.04. The van der Waals surface area contributed by atoms with E-state index >= 15 is 0 Å². The van der Waals surface area contributed by atoms with Crippen LogP contribution in [0, 0.1) is 0 Å². The molecule has 2 aromatic carbocycles. The maximum Gasteiger partial charge on any atom is 0.387 e. The standard InChI is InChI=1S/C18H19F2NO4/c1-3-23-13-8-10-14(11-9-13)24-12(2)17(22)21-15-6-4-5-7-16(15)25-18(19)20/h4-12,18H,3H2,1-2H3,(H,21,22). The van der Waals surface area contributed by atoms with Crippen molar-refractivity contribution in [2.45, 2.75) is 26.6 Å². The van der Waals surface area contributed by atoms with Crippen LogP contribution in [0.5, 0.6) is 17.2 Å². The maximum atomic E-state index is 12.4. The van der Waals surface area contributed by atoms with E-state index in [-0.39, 0.29) is 11.4 Å². The van der Waals surface area contributed by atoms with Gasteiger partial charge in [0.1, 0.15) is 17.2 Å². The van der Waals surface area contributed by atoms with E-state index in [1.165, 1.54) is 18.2 Å². The molecule has 1 N–H and O–H groups in total. The summed E-state index contributed by atoms with van der Waals surface area (Å²) in [6.07, 6.45) is -0.836. The minimum atomic E-state index is -2.98. The summed E-state index contributed by atoms with van der Waals surface area (Å²) in [4.78, 5) is 12.2. The SMILES string of the molecule is CCOc1ccc(OC(C)C(=O)Nc2ccccc2OC(F)F)cc1. The van der Waals surface area contributed by atoms with E-state index in [0.717, 1.165) is 0 Å². The Morgan fingerprint density at radius 2 is 1.68 bits per heavy atom. The van der Waals surface area contributed by atoms with Crippen molar-refractivity contribution in [2.75, 3.05) is 11.9 Å². The zero-order valence-corrected chi connectivity index (χ0v) is 13.9. The molecule has 134 valence electrons. The molecule has 7 heteroatoms. The number of rotatable bonds is 8. The molecular weight excluding hydrogens is 332 g/mol. The fourth-order valence-corrected chi connectivity index (χ4v) is 2.04. The van der Waals surface area contributed by atoms with Crippen molar-refractivity contribution in [3.05, 3.63) is 48.5 Å². The number of anilines is 1. The van der Waals surface area contributed by atoms with Gasteiger partial charge in [-0.05, 0) is 50.2 Å². The summed E-state index contributed by atoms with van der Waals surface area (Å²) in [7, 11) is 0. The number of nitrogens with one attached hydrogen (secondary N) is 1. The monoisotopic (exact) mass is 351 g/mol. The van der Waals surface area contributed by atoms with E-state index in [2.05, 4.69) is 10.1 Å². The first-order valence-corrected chi connectivity index (χ1v) is 7.73. The van der Waals surface area contributed by atoms with Gasteiger partial charge < -0.3 is 19.5 Å². The van der Waals surface area contributed by atoms with Gasteiger partial charge in [-0.3, -0.25) is 4.79 Å². The van der Waals surface area contributed by atoms with Crippen molar-refractivity contribution in [3.63, 3.8) is 0 Å². The second-order valence-electron chi connectivity index (χ2n) is 5.03. The van der Waals surface area contributed by atoms with Gasteiger partial charge in [-0.2, -0.15) is 8.78 Å². The summed E-state index contributed by atoms with van der Waals surface area (Å²) < 4.78 is 40.1. The van der Waals surface area contributed by atoms with E-state index in [1.54, 1.807) is 37.3 Å². The Kier molecular flexibility index (Phi) is 6.56. The quantitative estimate of drug-likeness (QED) is 0.778. The van der Waals surface area contributed by atoms with Crippen LogP contribution in [0.1, 0.15) is 13.8 Å². The second-order valence-corrected chi connectivity index (χ2v) is 5.03. The van der Waals surface area contributed by atoms with Gasteiger partial charge in [0, 0.05) is 0 Å². The molecule has 0 saturated heterocycles. The van der Waals surface area contributed by atoms with E-state index < -0.39 is 18.6 Å². The molecule has 1 unspecified atom stereocenters. The lowest BCUT2D eigenvalue weighted by molar-refractivity contribution is -0.122. The van der Waals surface area contributed by atoms with Gasteiger partial charge in [0.25, 0.3) is 5.91 Å². The van der Waals surface area contributed by atoms with Crippen LogP contribution in [-0.4, -0.2) is 25.2 Å². The van der Waals surface area contributed by atoms with Crippen molar-refractivity contribution in [2.24, 2.45) is 0 Å². The van der Waals surface area contributed by atoms with Crippen molar-refractivity contribution < 1.29 is 27.8 Å². The van der Waals surface area contributed by atoms with Gasteiger partial charge in [0.05, 0.1) is 12.3 Å². The highest BCUT2D eigenvalue weighted by molar-refractivity contribution is 5.95. The summed E-state index contributed by atoms with van der Waals surface area (Å²) >= 11 is 0. The van der Waals surface area contributed by atoms with Crippen LogP contribution in [0.4, 0.5) is 14.5 Å². The number of benzene rings is 2. The minimum absolute atomic E-state index is 0.112. The summed E-state index contributed by atoms with van der Waals surface area (Å²) in [5.41, 5.74) is 0.148. The van der Waals surface area contributed by atoms with Crippen molar-refractivity contribution >= 4 is 11.6 Å². The molecule has 0 aliphatic carbocycles. The number of amides is 1. The number of carbonyl (C=O) groups excluding carboxylic acids is 1. The van der Waals surface area contributed by atoms with Crippen molar-refractivity contribution in [1.29, 1.82) is 0 Å². The van der Waals surface area contributed by atoms with E-state index in [1.807, 2.05) is 6.92 Å². The zero-order chi connectivity index (χ0) is 18.2. The number of halogens is 2. The van der Waals surface area contributed by atoms with Gasteiger partial charge >= 0.3 is 6.61 Å². The van der Waals surface area contributed by atoms with Crippen LogP contribution < -0.4 is 19.5 Å². The molecule has 0 heterocycles. The zero-order valence-electron chi connectivity index (χ0n) is 13.9. The fraction of sp³-hybridized carbons (Fsp3) is 0.278. The largest absolute Gasteiger partial charge is 0.494 e. The molecule has 0 spiro atoms. The average Bonchev–Trinajstić information content (AvgIpc) is 2.58. The Labute approximate surface area is 144 Å². The van der Waals surface area contributed by atoms with E-state index in [9.17, 15) is 13.6 Å². The number of hydrogen-bond donors (Lipinski definition) is 1. The van der Waals surface area contributed by atoms with Gasteiger partial charge in [-0.15, -0.1) is 0 Å². The number of ether oxygens (including phenoxy) is 3. The molecule has 2 aromatic rings. The lowest BCUT2D eigenvalue weighted by Crippen LogP contribution is -2.30. The Hall–Kier alpha value is -2.83. The first-order valence-electron chi connectivity index (χ1n) is 7.73. The first-order chi connectivity index (χ1) is 12.0. The van der Waals surface area contributed by atoms with Crippen LogP contribution in [0.2, 0.25) is 0 Å². The average molecular weight is 351 g/mol. The predicted molar refractivity (Wildman–Crippen MR) is 89.4 cm³/mol. The Balaban J connectivity index is 1.98. The molecule has 0 radical (unpaired) electrons. The number of para-hydroxylation sites is 2. The summed E-state index contributed by atoms with van der Waals surface area (Å²) in [5, 5.41) is 2.52. The molecule has 0 aliphatic heterocycles. The molecule has 2 rings (SSSR count). The first kappa shape index (κ1) is 18.5. The summed E-state index contributed by atoms with van der Waals surface area (Å²) in [6, 6.07) is 12.8. The van der Waals surface area contributed by atoms with Gasteiger partial charge in [0.2, 0.25) is 0 Å². The topological polar surface area (TPSA) is 56.8 Å². The number of alkyl halides is 2. The minimum Gasteiger partial charge on any atom is -0.494 e. The number of carbonyl (C=O) groups is 1. The van der Waals surface area contributed by atoms with Crippen LogP contribution in [0.15, 0.2) is 48.5 Å². The smallest absolute Gasteiger partial charge is 0.387 e. The lowest BCUT2D eigenvalue weighted by atomic mass is 10.2. The molecule has 0 saturated carbocycles. The summed E-state index contributed by atoms with van der Waals surface area (Å²) in [5.74, 6) is 0.589. The van der Waals surface area contributed by atoms with Crippen molar-refractivity contribution in [3.8, 4) is 17.2 Å². The lowest BCUT2D eigenvalue weighted by Gasteiger charge is -2.16. The molecule has 5 nitrogen and oxygen atoms in total. The molecule has 0 fully saturated rings. The van der Waals surface area contributed by atoms with Crippen molar-refractivity contribution in [1.82, 2.24) is 0 Å². The van der Waals surface area contributed by atoms with E-state index in [0.29, 0.717) is 18.1 Å². The molecular formula is C18H19F2NO4. The van der Waals surface area contributed by atoms with Crippen LogP contribution >= 0.6 is 0 Å². The third kappa shape index (κ3) is 5.63. The predicted octanol–water partition coefficient (Wildman–Crippen LogP) is 4.09. The Morgan fingerprint density at radius 1 is 1.04 bits per heavy atom. The molecule has 0 aromatic heterocycles. The second kappa shape index (κ2) is 8.86. The summed E-state index contributed by atoms with van der Waals surface area (Å²) in [6.45, 7) is 1.02. The molecule has 1 atom stereocenters. The van der Waals surface area contributed by atoms with Gasteiger partial charge in [-0.1, -0.05) is 12.1 Å². The third-order valence-corrected chi connectivity index (χ3v) is 3.18. The van der Waals surface area contributed by atoms with Gasteiger partial charge in [-0.25, -0.2) is 0 Å². The number of hydrogen-bond acceptors (Lipinski definition) is 4. The molecule has 0 bridgehead atoms. The highest BCUT2D eigenvalue weighted by atomic mass is 19.3. The third-order valence-electron chi connectivity index (χ3n) is 3.18. The maximum absolute atomic E-state index is 12.4. The Morgan fingerprint density at radius 3 is 2.32 bits per heavy atom. The highest BCUT2D eigenvalue weighted by Crippen LogP contribution is 2.26. The molecule has 0 aliphatic rings. The van der Waals surface area contributed by atoms with Crippen LogP contribution in [-0.2, 0) is 4.79 Å². The van der Waals surface area contributed by atoms with Crippen LogP contribution in [0.25, 0.3) is 0 Å². The molecule has 25 heavy (non-hydrogen) atoms.